The maximum Gasteiger partial charge on any atom is 0.328 e. The van der Waals surface area contributed by atoms with Crippen molar-refractivity contribution in [3.8, 4) is 23.5 Å². The molecule has 3 aromatic rings. The Kier molecular flexibility index (Phi) is 5.28. The van der Waals surface area contributed by atoms with Crippen molar-refractivity contribution >= 4 is 11.6 Å². The van der Waals surface area contributed by atoms with Crippen LogP contribution in [0.15, 0.2) is 60.7 Å². The van der Waals surface area contributed by atoms with Crippen molar-refractivity contribution in [2.24, 2.45) is 0 Å². The SMILES string of the molecule is COc1cc(OC)nc(Oc2ccccc2NC(=O)c2ccccc2)n1. The lowest BCUT2D eigenvalue weighted by Gasteiger charge is -2.12. The van der Waals surface area contributed by atoms with Gasteiger partial charge < -0.3 is 19.5 Å². The highest BCUT2D eigenvalue weighted by atomic mass is 16.5. The van der Waals surface area contributed by atoms with E-state index in [0.717, 1.165) is 0 Å². The quantitative estimate of drug-likeness (QED) is 0.731. The highest BCUT2D eigenvalue weighted by molar-refractivity contribution is 6.05. The maximum atomic E-state index is 12.4. The summed E-state index contributed by atoms with van der Waals surface area (Å²) in [7, 11) is 2.97. The van der Waals surface area contributed by atoms with Gasteiger partial charge in [-0.15, -0.1) is 0 Å². The van der Waals surface area contributed by atoms with E-state index in [4.69, 9.17) is 14.2 Å². The molecule has 7 heteroatoms. The lowest BCUT2D eigenvalue weighted by Crippen LogP contribution is -2.12. The summed E-state index contributed by atoms with van der Waals surface area (Å²) in [5.74, 6) is 0.758. The van der Waals surface area contributed by atoms with Crippen LogP contribution in [0.4, 0.5) is 5.69 Å². The zero-order valence-electron chi connectivity index (χ0n) is 14.3. The third kappa shape index (κ3) is 4.07. The molecule has 0 atom stereocenters. The van der Waals surface area contributed by atoms with Crippen LogP contribution >= 0.6 is 0 Å². The minimum Gasteiger partial charge on any atom is -0.481 e. The number of hydrogen-bond donors (Lipinski definition) is 1. The first-order valence-electron chi connectivity index (χ1n) is 7.80. The van der Waals surface area contributed by atoms with E-state index < -0.39 is 0 Å². The van der Waals surface area contributed by atoms with Gasteiger partial charge in [-0.05, 0) is 24.3 Å². The number of para-hydroxylation sites is 2. The summed E-state index contributed by atoms with van der Waals surface area (Å²) in [6.07, 6.45) is 0. The molecule has 0 aliphatic carbocycles. The van der Waals surface area contributed by atoms with Crippen LogP contribution in [0.5, 0.6) is 23.5 Å². The molecule has 1 N–H and O–H groups in total. The standard InChI is InChI=1S/C19H17N3O4/c1-24-16-12-17(25-2)22-19(21-16)26-15-11-7-6-10-14(15)20-18(23)13-8-4-3-5-9-13/h3-12H,1-2H3,(H,20,23). The molecule has 26 heavy (non-hydrogen) atoms. The van der Waals surface area contributed by atoms with E-state index in [0.29, 0.717) is 28.8 Å². The summed E-state index contributed by atoms with van der Waals surface area (Å²) in [5.41, 5.74) is 1.04. The third-order valence-electron chi connectivity index (χ3n) is 3.45. The Morgan fingerprint density at radius 1 is 0.885 bits per heavy atom. The van der Waals surface area contributed by atoms with Crippen LogP contribution in [0.25, 0.3) is 0 Å². The number of benzene rings is 2. The second-order valence-electron chi connectivity index (χ2n) is 5.15. The van der Waals surface area contributed by atoms with E-state index in [1.807, 2.05) is 6.07 Å². The van der Waals surface area contributed by atoms with Gasteiger partial charge in [-0.1, -0.05) is 30.3 Å². The third-order valence-corrected chi connectivity index (χ3v) is 3.45. The van der Waals surface area contributed by atoms with Gasteiger partial charge in [0.15, 0.2) is 5.75 Å². The number of carbonyl (C=O) groups excluding carboxylic acids is 1. The molecule has 0 aliphatic heterocycles. The molecule has 1 heterocycles. The summed E-state index contributed by atoms with van der Waals surface area (Å²) < 4.78 is 15.9. The zero-order valence-corrected chi connectivity index (χ0v) is 14.3. The Labute approximate surface area is 150 Å². The fraction of sp³-hybridized carbons (Fsp3) is 0.105. The molecule has 0 fully saturated rings. The number of hydrogen-bond acceptors (Lipinski definition) is 6. The van der Waals surface area contributed by atoms with Crippen LogP contribution in [0.3, 0.4) is 0 Å². The molecule has 0 saturated carbocycles. The van der Waals surface area contributed by atoms with Gasteiger partial charge in [-0.25, -0.2) is 0 Å². The van der Waals surface area contributed by atoms with Crippen LogP contribution in [0.1, 0.15) is 10.4 Å². The van der Waals surface area contributed by atoms with Crippen molar-refractivity contribution in [2.45, 2.75) is 0 Å². The predicted molar refractivity (Wildman–Crippen MR) is 96.0 cm³/mol. The zero-order chi connectivity index (χ0) is 18.4. The normalized spacial score (nSPS) is 10.1. The van der Waals surface area contributed by atoms with Gasteiger partial charge in [0.05, 0.1) is 26.0 Å². The smallest absolute Gasteiger partial charge is 0.328 e. The minimum absolute atomic E-state index is 0.0441. The molecule has 0 saturated heterocycles. The van der Waals surface area contributed by atoms with Gasteiger partial charge in [-0.2, -0.15) is 9.97 Å². The molecule has 1 aromatic heterocycles. The summed E-state index contributed by atoms with van der Waals surface area (Å²) in [6, 6.07) is 17.5. The van der Waals surface area contributed by atoms with Gasteiger partial charge >= 0.3 is 6.01 Å². The lowest BCUT2D eigenvalue weighted by atomic mass is 10.2. The number of ether oxygens (including phenoxy) is 3. The molecule has 0 spiro atoms. The van der Waals surface area contributed by atoms with E-state index in [2.05, 4.69) is 15.3 Å². The Hall–Kier alpha value is -3.61. The molecule has 7 nitrogen and oxygen atoms in total. The van der Waals surface area contributed by atoms with Crippen molar-refractivity contribution in [2.75, 3.05) is 19.5 Å². The number of nitrogens with one attached hydrogen (secondary N) is 1. The van der Waals surface area contributed by atoms with Crippen LogP contribution in [0.2, 0.25) is 0 Å². The molecule has 0 radical (unpaired) electrons. The molecular weight excluding hydrogens is 334 g/mol. The number of anilines is 1. The summed E-state index contributed by atoms with van der Waals surface area (Å²) in [6.45, 7) is 0. The molecule has 132 valence electrons. The highest BCUT2D eigenvalue weighted by Crippen LogP contribution is 2.30. The summed E-state index contributed by atoms with van der Waals surface area (Å²) in [4.78, 5) is 20.6. The molecule has 2 aromatic carbocycles. The maximum absolute atomic E-state index is 12.4. The number of rotatable bonds is 6. The van der Waals surface area contributed by atoms with E-state index in [9.17, 15) is 4.79 Å². The van der Waals surface area contributed by atoms with Gasteiger partial charge in [0.25, 0.3) is 5.91 Å². The van der Waals surface area contributed by atoms with Crippen molar-refractivity contribution in [3.05, 3.63) is 66.2 Å². The number of methoxy groups -OCH3 is 2. The largest absolute Gasteiger partial charge is 0.481 e. The van der Waals surface area contributed by atoms with Crippen molar-refractivity contribution < 1.29 is 19.0 Å². The number of aromatic nitrogens is 2. The van der Waals surface area contributed by atoms with E-state index in [-0.39, 0.29) is 11.9 Å². The Balaban J connectivity index is 1.85. The number of nitrogens with zero attached hydrogens (tertiary/aromatic N) is 2. The molecular formula is C19H17N3O4. The average Bonchev–Trinajstić information content (AvgIpc) is 2.69. The monoisotopic (exact) mass is 351 g/mol. The second kappa shape index (κ2) is 7.98. The van der Waals surface area contributed by atoms with Gasteiger partial charge in [-0.3, -0.25) is 4.79 Å². The highest BCUT2D eigenvalue weighted by Gasteiger charge is 2.13. The molecule has 3 rings (SSSR count). The molecule has 1 amide bonds. The fourth-order valence-electron chi connectivity index (χ4n) is 2.18. The van der Waals surface area contributed by atoms with Crippen molar-refractivity contribution in [1.29, 1.82) is 0 Å². The Morgan fingerprint density at radius 2 is 1.50 bits per heavy atom. The van der Waals surface area contributed by atoms with Crippen LogP contribution in [-0.2, 0) is 0 Å². The minimum atomic E-state index is -0.245. The molecule has 0 unspecified atom stereocenters. The van der Waals surface area contributed by atoms with Crippen LogP contribution < -0.4 is 19.5 Å². The van der Waals surface area contributed by atoms with Crippen molar-refractivity contribution in [3.63, 3.8) is 0 Å². The fourth-order valence-corrected chi connectivity index (χ4v) is 2.18. The number of carbonyl (C=O) groups is 1. The number of amides is 1. The average molecular weight is 351 g/mol. The first-order valence-corrected chi connectivity index (χ1v) is 7.80. The topological polar surface area (TPSA) is 82.6 Å². The summed E-state index contributed by atoms with van der Waals surface area (Å²) >= 11 is 0. The summed E-state index contributed by atoms with van der Waals surface area (Å²) in [5, 5.41) is 2.82. The first-order chi connectivity index (χ1) is 12.7. The Morgan fingerprint density at radius 3 is 2.15 bits per heavy atom. The van der Waals surface area contributed by atoms with Crippen LogP contribution in [-0.4, -0.2) is 30.1 Å². The van der Waals surface area contributed by atoms with Crippen molar-refractivity contribution in [1.82, 2.24) is 9.97 Å². The second-order valence-corrected chi connectivity index (χ2v) is 5.15. The lowest BCUT2D eigenvalue weighted by molar-refractivity contribution is 0.102. The first kappa shape index (κ1) is 17.2. The van der Waals surface area contributed by atoms with E-state index >= 15 is 0 Å². The van der Waals surface area contributed by atoms with Gasteiger partial charge in [0.1, 0.15) is 0 Å². The predicted octanol–water partition coefficient (Wildman–Crippen LogP) is 3.54. The molecule has 0 bridgehead atoms. The van der Waals surface area contributed by atoms with E-state index in [1.165, 1.54) is 20.3 Å². The van der Waals surface area contributed by atoms with Gasteiger partial charge in [0, 0.05) is 5.56 Å². The van der Waals surface area contributed by atoms with Crippen LogP contribution in [0, 0.1) is 0 Å². The molecule has 0 aliphatic rings. The Bertz CT molecular complexity index is 878. The van der Waals surface area contributed by atoms with E-state index in [1.54, 1.807) is 48.5 Å². The van der Waals surface area contributed by atoms with Gasteiger partial charge in [0.2, 0.25) is 11.8 Å².